The van der Waals surface area contributed by atoms with Gasteiger partial charge in [-0.3, -0.25) is 24.6 Å². The first-order valence-electron chi connectivity index (χ1n) is 12.5. The molecule has 1 unspecified atom stereocenters. The number of ether oxygens (including phenoxy) is 1. The lowest BCUT2D eigenvalue weighted by Gasteiger charge is -2.42. The number of carbonyl (C=O) groups excluding carboxylic acids is 3. The fraction of sp³-hybridized carbons (Fsp3) is 0.400. The molecule has 2 aromatic rings. The van der Waals surface area contributed by atoms with Gasteiger partial charge in [-0.15, -0.1) is 0 Å². The highest BCUT2D eigenvalue weighted by Crippen LogP contribution is 2.36. The molecule has 192 valence electrons. The molecule has 5 rings (SSSR count). The Hall–Kier alpha value is -3.21. The molecular weight excluding hydrogens is 477 g/mol. The summed E-state index contributed by atoms with van der Waals surface area (Å²) in [4.78, 5) is 40.5. The van der Waals surface area contributed by atoms with Crippen molar-refractivity contribution in [2.24, 2.45) is 0 Å². The number of carbonyl (C=O) groups is 3. The van der Waals surface area contributed by atoms with Crippen molar-refractivity contribution < 1.29 is 28.6 Å². The molecule has 2 fully saturated rings. The number of anilines is 1. The highest BCUT2D eigenvalue weighted by atomic mass is 19.1. The molecule has 0 aliphatic carbocycles. The Kier molecular flexibility index (Phi) is 6.59. The van der Waals surface area contributed by atoms with Crippen LogP contribution in [0.3, 0.4) is 0 Å². The van der Waals surface area contributed by atoms with Crippen molar-refractivity contribution >= 4 is 39.1 Å². The first-order chi connectivity index (χ1) is 17.6. The van der Waals surface area contributed by atoms with Crippen molar-refractivity contribution in [2.45, 2.75) is 37.0 Å². The summed E-state index contributed by atoms with van der Waals surface area (Å²) in [6.45, 7) is 3.11. The van der Waals surface area contributed by atoms with Gasteiger partial charge in [-0.1, -0.05) is 18.2 Å². The number of nitrogens with zero attached hydrogens (tertiary/aromatic N) is 2. The van der Waals surface area contributed by atoms with E-state index < -0.39 is 23.4 Å². The maximum absolute atomic E-state index is 14.8. The molecule has 3 aliphatic rings. The van der Waals surface area contributed by atoms with E-state index >= 15 is 0 Å². The number of halogens is 1. The molecule has 0 bridgehead atoms. The zero-order valence-electron chi connectivity index (χ0n) is 21.0. The van der Waals surface area contributed by atoms with Crippen LogP contribution in [0, 0.1) is 5.82 Å². The molecule has 0 radical (unpaired) electrons. The molecule has 3 N–H and O–H groups in total. The van der Waals surface area contributed by atoms with Gasteiger partial charge in [-0.05, 0) is 29.1 Å². The van der Waals surface area contributed by atoms with E-state index in [-0.39, 0.29) is 37.1 Å². The Morgan fingerprint density at radius 3 is 2.65 bits per heavy atom. The molecule has 0 spiro atoms. The second-order valence-electron chi connectivity index (χ2n) is 10.2. The normalized spacial score (nSPS) is 22.6. The molecule has 12 heteroatoms. The molecular formula is C25H29B2FN4O5. The highest BCUT2D eigenvalue weighted by molar-refractivity contribution is 6.39. The van der Waals surface area contributed by atoms with Gasteiger partial charge in [-0.25, -0.2) is 4.39 Å². The van der Waals surface area contributed by atoms with E-state index in [9.17, 15) is 23.9 Å². The number of nitrogens with one attached hydrogen (secondary N) is 2. The number of fused-ring (bicyclic) bond motifs is 1. The van der Waals surface area contributed by atoms with Crippen molar-refractivity contribution in [1.82, 2.24) is 15.1 Å². The Bertz CT molecular complexity index is 1270. The number of hydrogen-bond donors (Lipinski definition) is 3. The number of benzene rings is 2. The third kappa shape index (κ3) is 4.54. The molecule has 2 saturated heterocycles. The molecule has 2 aromatic carbocycles. The van der Waals surface area contributed by atoms with Gasteiger partial charge in [0.2, 0.25) is 11.6 Å². The zero-order valence-corrected chi connectivity index (χ0v) is 21.0. The van der Waals surface area contributed by atoms with Crippen LogP contribution in [0.1, 0.15) is 39.9 Å². The predicted octanol–water partition coefficient (Wildman–Crippen LogP) is -0.772. The predicted molar refractivity (Wildman–Crippen MR) is 139 cm³/mol. The van der Waals surface area contributed by atoms with E-state index in [1.165, 1.54) is 6.07 Å². The number of morpholine rings is 1. The topological polar surface area (TPSA) is 111 Å². The van der Waals surface area contributed by atoms with Gasteiger partial charge >= 0.3 is 0 Å². The van der Waals surface area contributed by atoms with Crippen LogP contribution in [0.4, 0.5) is 10.1 Å². The van der Waals surface area contributed by atoms with Crippen molar-refractivity contribution in [3.8, 4) is 0 Å². The van der Waals surface area contributed by atoms with Crippen molar-refractivity contribution in [2.75, 3.05) is 31.6 Å². The van der Waals surface area contributed by atoms with Crippen molar-refractivity contribution in [3.63, 3.8) is 0 Å². The van der Waals surface area contributed by atoms with Gasteiger partial charge in [0.1, 0.15) is 21.5 Å². The minimum Gasteiger partial charge on any atom is -0.381 e. The summed E-state index contributed by atoms with van der Waals surface area (Å²) < 4.78 is 20.3. The molecule has 0 saturated carbocycles. The van der Waals surface area contributed by atoms with Crippen LogP contribution in [0.25, 0.3) is 0 Å². The number of rotatable bonds is 6. The Balaban J connectivity index is 1.36. The summed E-state index contributed by atoms with van der Waals surface area (Å²) in [6.07, 6.45) is -0.235. The van der Waals surface area contributed by atoms with Crippen LogP contribution in [0.2, 0.25) is 0 Å². The van der Waals surface area contributed by atoms with Crippen molar-refractivity contribution in [3.05, 3.63) is 64.5 Å². The highest BCUT2D eigenvalue weighted by Gasteiger charge is 2.51. The fourth-order valence-electron chi connectivity index (χ4n) is 5.33. The smallest absolute Gasteiger partial charge is 0.279 e. The number of piperidine rings is 1. The van der Waals surface area contributed by atoms with E-state index in [0.717, 1.165) is 23.6 Å². The summed E-state index contributed by atoms with van der Waals surface area (Å²) in [5.41, 5.74) is 0.948. The summed E-state index contributed by atoms with van der Waals surface area (Å²) in [5, 5.41) is 16.1. The number of aliphatic hydroxyl groups is 1. The Labute approximate surface area is 216 Å². The molecule has 3 amide bonds. The zero-order chi connectivity index (χ0) is 26.4. The standard InChI is InChI=1S/C25H29B2FN4O5/c26-25(27,31-8-10-37-11-9-31)16-4-5-19(28)15(12-16)13-29-20-3-1-2-17-18(20)14-32(22(17)34)24(36)7-6-21(33)30-23(24)35/h1-5,12,29,36H,6-11,13-14,26-27H2,(H,30,33,35). The Morgan fingerprint density at radius 1 is 1.16 bits per heavy atom. The van der Waals surface area contributed by atoms with E-state index in [2.05, 4.69) is 31.2 Å². The quantitative estimate of drug-likeness (QED) is 0.349. The lowest BCUT2D eigenvalue weighted by molar-refractivity contribution is -0.167. The van der Waals surface area contributed by atoms with Gasteiger partial charge in [0, 0.05) is 54.9 Å². The second kappa shape index (κ2) is 9.59. The Morgan fingerprint density at radius 2 is 1.92 bits per heavy atom. The van der Waals surface area contributed by atoms with E-state index in [0.29, 0.717) is 35.6 Å². The van der Waals surface area contributed by atoms with Crippen LogP contribution in [-0.4, -0.2) is 80.3 Å². The lowest BCUT2D eigenvalue weighted by Crippen LogP contribution is -2.63. The van der Waals surface area contributed by atoms with Gasteiger partial charge in [0.15, 0.2) is 0 Å². The third-order valence-corrected chi connectivity index (χ3v) is 7.75. The van der Waals surface area contributed by atoms with Crippen LogP contribution in [0.15, 0.2) is 36.4 Å². The maximum Gasteiger partial charge on any atom is 0.279 e. The van der Waals surface area contributed by atoms with E-state index in [1.807, 2.05) is 12.1 Å². The van der Waals surface area contributed by atoms with Crippen molar-refractivity contribution in [1.29, 1.82) is 0 Å². The molecule has 9 nitrogen and oxygen atoms in total. The molecule has 3 heterocycles. The molecule has 0 aromatic heterocycles. The fourth-order valence-corrected chi connectivity index (χ4v) is 5.33. The number of hydrogen-bond acceptors (Lipinski definition) is 7. The summed E-state index contributed by atoms with van der Waals surface area (Å²) in [5.74, 6) is -2.22. The largest absolute Gasteiger partial charge is 0.381 e. The lowest BCUT2D eigenvalue weighted by atomic mass is 9.56. The third-order valence-electron chi connectivity index (χ3n) is 7.75. The maximum atomic E-state index is 14.8. The summed E-state index contributed by atoms with van der Waals surface area (Å²) in [6, 6.07) is 10.3. The average molecular weight is 506 g/mol. The number of imide groups is 1. The van der Waals surface area contributed by atoms with Gasteiger partial charge in [-0.2, -0.15) is 0 Å². The number of amides is 3. The van der Waals surface area contributed by atoms with Crippen LogP contribution in [0.5, 0.6) is 0 Å². The van der Waals surface area contributed by atoms with Crippen LogP contribution < -0.4 is 10.6 Å². The minimum atomic E-state index is -2.10. The average Bonchev–Trinajstić information content (AvgIpc) is 3.24. The summed E-state index contributed by atoms with van der Waals surface area (Å²) >= 11 is 0. The van der Waals surface area contributed by atoms with Gasteiger partial charge in [0.05, 0.1) is 19.8 Å². The van der Waals surface area contributed by atoms with E-state index in [1.54, 1.807) is 18.2 Å². The molecule has 3 aliphatic heterocycles. The first kappa shape index (κ1) is 25.4. The van der Waals surface area contributed by atoms with Crippen LogP contribution >= 0.6 is 0 Å². The van der Waals surface area contributed by atoms with Gasteiger partial charge < -0.3 is 20.1 Å². The first-order valence-corrected chi connectivity index (χ1v) is 12.5. The van der Waals surface area contributed by atoms with Crippen LogP contribution in [-0.2, 0) is 32.8 Å². The molecule has 37 heavy (non-hydrogen) atoms. The SMILES string of the molecule is BC(B)(c1ccc(F)c(CNc2cccc3c2CN(C2(O)CCC(=O)NC2=O)C3=O)c1)N1CCOCC1. The monoisotopic (exact) mass is 506 g/mol. The van der Waals surface area contributed by atoms with E-state index in [4.69, 9.17) is 4.74 Å². The second-order valence-corrected chi connectivity index (χ2v) is 10.2. The molecule has 1 atom stereocenters. The minimum absolute atomic E-state index is 0.0119. The van der Waals surface area contributed by atoms with Gasteiger partial charge in [0.25, 0.3) is 11.8 Å². The summed E-state index contributed by atoms with van der Waals surface area (Å²) in [7, 11) is 4.24.